The highest BCUT2D eigenvalue weighted by Gasteiger charge is 2.17. The van der Waals surface area contributed by atoms with Crippen molar-refractivity contribution in [3.63, 3.8) is 0 Å². The minimum absolute atomic E-state index is 0.0744. The van der Waals surface area contributed by atoms with Gasteiger partial charge in [0.15, 0.2) is 5.22 Å². The molecule has 108 valence electrons. The molecule has 1 unspecified atom stereocenters. The van der Waals surface area contributed by atoms with E-state index in [0.717, 1.165) is 36.1 Å². The minimum atomic E-state index is -0.203. The van der Waals surface area contributed by atoms with Crippen molar-refractivity contribution in [1.29, 1.82) is 0 Å². The quantitative estimate of drug-likeness (QED) is 0.838. The third kappa shape index (κ3) is 3.62. The molecule has 0 saturated carbocycles. The molecule has 0 radical (unpaired) electrons. The van der Waals surface area contributed by atoms with Gasteiger partial charge in [-0.05, 0) is 67.2 Å². The maximum absolute atomic E-state index is 13.2. The molecular formula is C16H19ClFNO. The largest absolute Gasteiger partial charge is 0.453 e. The predicted octanol–water partition coefficient (Wildman–Crippen LogP) is 4.66. The fraction of sp³-hybridized carbons (Fsp3) is 0.375. The number of hydrogen-bond acceptors (Lipinski definition) is 2. The van der Waals surface area contributed by atoms with Crippen LogP contribution in [0.1, 0.15) is 36.1 Å². The van der Waals surface area contributed by atoms with Crippen molar-refractivity contribution in [2.45, 2.75) is 32.7 Å². The molecule has 1 N–H and O–H groups in total. The lowest BCUT2D eigenvalue weighted by Crippen LogP contribution is -2.24. The van der Waals surface area contributed by atoms with Crippen LogP contribution in [0.5, 0.6) is 0 Å². The van der Waals surface area contributed by atoms with Crippen LogP contribution in [0.4, 0.5) is 4.39 Å². The molecule has 2 rings (SSSR count). The second-order valence-electron chi connectivity index (χ2n) is 4.93. The lowest BCUT2D eigenvalue weighted by molar-refractivity contribution is 0.512. The molecule has 1 aromatic carbocycles. The number of nitrogens with one attached hydrogen (secondary N) is 1. The summed E-state index contributed by atoms with van der Waals surface area (Å²) < 4.78 is 18.4. The van der Waals surface area contributed by atoms with E-state index in [2.05, 4.69) is 12.2 Å². The van der Waals surface area contributed by atoms with Crippen molar-refractivity contribution in [3.05, 3.63) is 58.3 Å². The maximum Gasteiger partial charge on any atom is 0.197 e. The van der Waals surface area contributed by atoms with E-state index in [1.807, 2.05) is 19.1 Å². The molecular weight excluding hydrogens is 277 g/mol. The summed E-state index contributed by atoms with van der Waals surface area (Å²) in [7, 11) is 0. The molecule has 2 aromatic rings. The number of aryl methyl sites for hydroxylation is 1. The smallest absolute Gasteiger partial charge is 0.197 e. The molecule has 0 fully saturated rings. The number of benzene rings is 1. The van der Waals surface area contributed by atoms with Crippen LogP contribution in [0.2, 0.25) is 5.22 Å². The zero-order valence-corrected chi connectivity index (χ0v) is 12.5. The van der Waals surface area contributed by atoms with Crippen LogP contribution in [-0.4, -0.2) is 6.54 Å². The third-order valence-corrected chi connectivity index (χ3v) is 3.70. The maximum atomic E-state index is 13.2. The van der Waals surface area contributed by atoms with E-state index >= 15 is 0 Å². The molecule has 2 nitrogen and oxygen atoms in total. The summed E-state index contributed by atoms with van der Waals surface area (Å²) in [6, 6.07) is 6.85. The van der Waals surface area contributed by atoms with E-state index in [0.29, 0.717) is 5.22 Å². The number of rotatable bonds is 6. The van der Waals surface area contributed by atoms with Crippen LogP contribution in [0.15, 0.2) is 34.9 Å². The SMILES string of the molecule is CCCNC(Cc1ccc(F)cc1C)c1ccoc1Cl. The van der Waals surface area contributed by atoms with Gasteiger partial charge in [-0.15, -0.1) is 0 Å². The van der Waals surface area contributed by atoms with Crippen LogP contribution in [0.3, 0.4) is 0 Å². The minimum Gasteiger partial charge on any atom is -0.453 e. The topological polar surface area (TPSA) is 25.2 Å². The average Bonchev–Trinajstić information content (AvgIpc) is 2.83. The van der Waals surface area contributed by atoms with Crippen molar-refractivity contribution in [2.75, 3.05) is 6.54 Å². The van der Waals surface area contributed by atoms with Crippen LogP contribution in [0.25, 0.3) is 0 Å². The summed E-state index contributed by atoms with van der Waals surface area (Å²) in [4.78, 5) is 0. The summed E-state index contributed by atoms with van der Waals surface area (Å²) >= 11 is 6.08. The first-order valence-electron chi connectivity index (χ1n) is 6.83. The first-order chi connectivity index (χ1) is 9.61. The van der Waals surface area contributed by atoms with Crippen molar-refractivity contribution < 1.29 is 8.81 Å². The Kier molecular flexibility index (Phi) is 5.21. The van der Waals surface area contributed by atoms with Gasteiger partial charge in [-0.25, -0.2) is 4.39 Å². The molecule has 1 heterocycles. The highest BCUT2D eigenvalue weighted by Crippen LogP contribution is 2.27. The van der Waals surface area contributed by atoms with Crippen molar-refractivity contribution in [3.8, 4) is 0 Å². The van der Waals surface area contributed by atoms with Crippen molar-refractivity contribution in [1.82, 2.24) is 5.32 Å². The zero-order chi connectivity index (χ0) is 14.5. The van der Waals surface area contributed by atoms with E-state index in [-0.39, 0.29) is 11.9 Å². The van der Waals surface area contributed by atoms with Gasteiger partial charge < -0.3 is 9.73 Å². The Morgan fingerprint density at radius 3 is 2.75 bits per heavy atom. The molecule has 1 aromatic heterocycles. The average molecular weight is 296 g/mol. The fourth-order valence-corrected chi connectivity index (χ4v) is 2.52. The number of hydrogen-bond donors (Lipinski definition) is 1. The Hall–Kier alpha value is -1.32. The van der Waals surface area contributed by atoms with Gasteiger partial charge in [-0.2, -0.15) is 0 Å². The van der Waals surface area contributed by atoms with E-state index in [1.165, 1.54) is 6.07 Å². The monoisotopic (exact) mass is 295 g/mol. The third-order valence-electron chi connectivity index (χ3n) is 3.39. The van der Waals surface area contributed by atoms with Gasteiger partial charge in [0.1, 0.15) is 5.82 Å². The molecule has 0 aliphatic rings. The van der Waals surface area contributed by atoms with Crippen LogP contribution < -0.4 is 5.32 Å². The summed E-state index contributed by atoms with van der Waals surface area (Å²) in [5, 5.41) is 3.88. The molecule has 20 heavy (non-hydrogen) atoms. The molecule has 0 bridgehead atoms. The van der Waals surface area contributed by atoms with Gasteiger partial charge in [0, 0.05) is 11.6 Å². The van der Waals surface area contributed by atoms with Gasteiger partial charge in [-0.1, -0.05) is 13.0 Å². The first kappa shape index (κ1) is 15.1. The normalized spacial score (nSPS) is 12.6. The standard InChI is InChI=1S/C16H19ClFNO/c1-3-7-19-15(14-6-8-20-16(14)17)10-12-4-5-13(18)9-11(12)2/h4-6,8-9,15,19H,3,7,10H2,1-2H3. The number of furan rings is 1. The number of halogens is 2. The predicted molar refractivity (Wildman–Crippen MR) is 79.6 cm³/mol. The Morgan fingerprint density at radius 1 is 1.35 bits per heavy atom. The lowest BCUT2D eigenvalue weighted by Gasteiger charge is -2.19. The summed E-state index contributed by atoms with van der Waals surface area (Å²) in [5.74, 6) is -0.203. The molecule has 0 spiro atoms. The van der Waals surface area contributed by atoms with Crippen LogP contribution in [-0.2, 0) is 6.42 Å². The van der Waals surface area contributed by atoms with E-state index < -0.39 is 0 Å². The van der Waals surface area contributed by atoms with E-state index in [4.69, 9.17) is 16.0 Å². The van der Waals surface area contributed by atoms with E-state index in [1.54, 1.807) is 12.3 Å². The van der Waals surface area contributed by atoms with E-state index in [9.17, 15) is 4.39 Å². The molecule has 0 aliphatic heterocycles. The fourth-order valence-electron chi connectivity index (χ4n) is 2.27. The first-order valence-corrected chi connectivity index (χ1v) is 7.21. The Bertz CT molecular complexity index is 567. The lowest BCUT2D eigenvalue weighted by atomic mass is 9.97. The Labute approximate surface area is 123 Å². The molecule has 0 amide bonds. The van der Waals surface area contributed by atoms with Gasteiger partial charge in [-0.3, -0.25) is 0 Å². The zero-order valence-electron chi connectivity index (χ0n) is 11.7. The molecule has 0 saturated heterocycles. The van der Waals surface area contributed by atoms with Crippen LogP contribution >= 0.6 is 11.6 Å². The Balaban J connectivity index is 2.21. The van der Waals surface area contributed by atoms with Crippen LogP contribution in [0, 0.1) is 12.7 Å². The summed E-state index contributed by atoms with van der Waals surface area (Å²) in [5.41, 5.74) is 3.01. The second kappa shape index (κ2) is 6.91. The Morgan fingerprint density at radius 2 is 2.15 bits per heavy atom. The van der Waals surface area contributed by atoms with Gasteiger partial charge in [0.2, 0.25) is 0 Å². The van der Waals surface area contributed by atoms with Gasteiger partial charge >= 0.3 is 0 Å². The molecule has 0 aliphatic carbocycles. The van der Waals surface area contributed by atoms with Gasteiger partial charge in [0.05, 0.1) is 6.26 Å². The highest BCUT2D eigenvalue weighted by molar-refractivity contribution is 6.29. The van der Waals surface area contributed by atoms with Gasteiger partial charge in [0.25, 0.3) is 0 Å². The molecule has 4 heteroatoms. The second-order valence-corrected chi connectivity index (χ2v) is 5.27. The highest BCUT2D eigenvalue weighted by atomic mass is 35.5. The van der Waals surface area contributed by atoms with Crippen molar-refractivity contribution >= 4 is 11.6 Å². The van der Waals surface area contributed by atoms with Crippen molar-refractivity contribution in [2.24, 2.45) is 0 Å². The summed E-state index contributed by atoms with van der Waals surface area (Å²) in [6.45, 7) is 4.93. The summed E-state index contributed by atoms with van der Waals surface area (Å²) in [6.07, 6.45) is 3.38. The molecule has 1 atom stereocenters.